The number of benzene rings is 1. The van der Waals surface area contributed by atoms with Gasteiger partial charge in [-0.15, -0.1) is 5.10 Å². The van der Waals surface area contributed by atoms with Crippen molar-refractivity contribution < 1.29 is 0 Å². The van der Waals surface area contributed by atoms with E-state index in [9.17, 15) is 0 Å². The van der Waals surface area contributed by atoms with Crippen LogP contribution < -0.4 is 10.6 Å². The summed E-state index contributed by atoms with van der Waals surface area (Å²) in [5.41, 5.74) is 1.30. The topological polar surface area (TPSA) is 62.7 Å². The summed E-state index contributed by atoms with van der Waals surface area (Å²) in [5.74, 6) is 1.39. The van der Waals surface area contributed by atoms with Crippen molar-refractivity contribution in [2.75, 3.05) is 17.2 Å². The second-order valence-electron chi connectivity index (χ2n) is 4.75. The Labute approximate surface area is 112 Å². The predicted molar refractivity (Wildman–Crippen MR) is 75.1 cm³/mol. The molecule has 5 heteroatoms. The van der Waals surface area contributed by atoms with Gasteiger partial charge < -0.3 is 10.6 Å². The molecule has 1 aliphatic carbocycles. The van der Waals surface area contributed by atoms with Gasteiger partial charge in [-0.05, 0) is 24.8 Å². The number of hydrogen-bond donors (Lipinski definition) is 2. The van der Waals surface area contributed by atoms with Crippen LogP contribution in [-0.4, -0.2) is 27.8 Å². The van der Waals surface area contributed by atoms with E-state index in [-0.39, 0.29) is 0 Å². The van der Waals surface area contributed by atoms with Crippen molar-refractivity contribution in [1.29, 1.82) is 0 Å². The molecule has 5 nitrogen and oxygen atoms in total. The maximum atomic E-state index is 4.39. The van der Waals surface area contributed by atoms with E-state index in [1.165, 1.54) is 18.4 Å². The molecule has 0 aliphatic heterocycles. The van der Waals surface area contributed by atoms with E-state index in [0.717, 1.165) is 18.8 Å². The highest BCUT2D eigenvalue weighted by molar-refractivity contribution is 5.39. The number of anilines is 2. The third kappa shape index (κ3) is 3.64. The van der Waals surface area contributed by atoms with E-state index < -0.39 is 0 Å². The second-order valence-corrected chi connectivity index (χ2v) is 4.75. The number of nitrogens with one attached hydrogen (secondary N) is 2. The smallest absolute Gasteiger partial charge is 0.244 e. The number of nitrogens with zero attached hydrogens (tertiary/aromatic N) is 3. The maximum absolute atomic E-state index is 4.39. The summed E-state index contributed by atoms with van der Waals surface area (Å²) in [4.78, 5) is 4.39. The summed E-state index contributed by atoms with van der Waals surface area (Å²) in [7, 11) is 0. The SMILES string of the molecule is c1ccc(CCNc2nncc(NC3CC3)n2)cc1. The minimum atomic E-state index is 0.578. The van der Waals surface area contributed by atoms with Gasteiger partial charge in [-0.3, -0.25) is 0 Å². The first kappa shape index (κ1) is 11.9. The fraction of sp³-hybridized carbons (Fsp3) is 0.357. The quantitative estimate of drug-likeness (QED) is 0.827. The van der Waals surface area contributed by atoms with E-state index in [2.05, 4.69) is 37.9 Å². The maximum Gasteiger partial charge on any atom is 0.244 e. The first-order valence-electron chi connectivity index (χ1n) is 6.64. The fourth-order valence-corrected chi connectivity index (χ4v) is 1.85. The molecule has 98 valence electrons. The lowest BCUT2D eigenvalue weighted by molar-refractivity contribution is 0.920. The molecule has 2 N–H and O–H groups in total. The Morgan fingerprint density at radius 3 is 2.79 bits per heavy atom. The zero-order valence-electron chi connectivity index (χ0n) is 10.7. The van der Waals surface area contributed by atoms with E-state index in [1.807, 2.05) is 18.2 Å². The number of hydrogen-bond acceptors (Lipinski definition) is 5. The minimum Gasteiger partial charge on any atom is -0.366 e. The normalized spacial score (nSPS) is 14.1. The Bertz CT molecular complexity index is 524. The van der Waals surface area contributed by atoms with Gasteiger partial charge in [0.1, 0.15) is 0 Å². The largest absolute Gasteiger partial charge is 0.366 e. The lowest BCUT2D eigenvalue weighted by Gasteiger charge is -2.06. The first-order valence-corrected chi connectivity index (χ1v) is 6.64. The molecule has 0 saturated heterocycles. The lowest BCUT2D eigenvalue weighted by Crippen LogP contribution is -2.11. The van der Waals surface area contributed by atoms with E-state index in [4.69, 9.17) is 0 Å². The van der Waals surface area contributed by atoms with Gasteiger partial charge in [0.25, 0.3) is 0 Å². The average Bonchev–Trinajstić information content (AvgIpc) is 3.24. The average molecular weight is 255 g/mol. The molecule has 19 heavy (non-hydrogen) atoms. The highest BCUT2D eigenvalue weighted by atomic mass is 15.3. The molecule has 0 spiro atoms. The van der Waals surface area contributed by atoms with Crippen LogP contribution in [0, 0.1) is 0 Å². The van der Waals surface area contributed by atoms with Crippen molar-refractivity contribution in [3.63, 3.8) is 0 Å². The van der Waals surface area contributed by atoms with Gasteiger partial charge in [0, 0.05) is 12.6 Å². The zero-order valence-corrected chi connectivity index (χ0v) is 10.7. The molecule has 0 atom stereocenters. The molecule has 2 aromatic rings. The summed E-state index contributed by atoms with van der Waals surface area (Å²) in [6.45, 7) is 0.804. The van der Waals surface area contributed by atoms with Crippen molar-refractivity contribution in [3.05, 3.63) is 42.1 Å². The van der Waals surface area contributed by atoms with Crippen molar-refractivity contribution >= 4 is 11.8 Å². The van der Waals surface area contributed by atoms with Gasteiger partial charge in [0.05, 0.1) is 6.20 Å². The van der Waals surface area contributed by atoms with Crippen LogP contribution in [0.15, 0.2) is 36.5 Å². The van der Waals surface area contributed by atoms with Crippen LogP contribution in [0.1, 0.15) is 18.4 Å². The Morgan fingerprint density at radius 1 is 1.16 bits per heavy atom. The monoisotopic (exact) mass is 255 g/mol. The predicted octanol–water partition coefficient (Wildman–Crippen LogP) is 2.10. The van der Waals surface area contributed by atoms with Crippen molar-refractivity contribution in [2.45, 2.75) is 25.3 Å². The molecule has 0 bridgehead atoms. The Balaban J connectivity index is 1.51. The van der Waals surface area contributed by atoms with Gasteiger partial charge in [-0.2, -0.15) is 10.1 Å². The summed E-state index contributed by atoms with van der Waals surface area (Å²) in [6.07, 6.45) is 5.06. The summed E-state index contributed by atoms with van der Waals surface area (Å²) >= 11 is 0. The number of rotatable bonds is 6. The fourth-order valence-electron chi connectivity index (χ4n) is 1.85. The van der Waals surface area contributed by atoms with Gasteiger partial charge in [0.2, 0.25) is 5.95 Å². The summed E-state index contributed by atoms with van der Waals surface area (Å²) in [5, 5.41) is 14.5. The van der Waals surface area contributed by atoms with Crippen LogP contribution in [-0.2, 0) is 6.42 Å². The van der Waals surface area contributed by atoms with E-state index in [0.29, 0.717) is 12.0 Å². The van der Waals surface area contributed by atoms with Crippen molar-refractivity contribution in [2.24, 2.45) is 0 Å². The number of aromatic nitrogens is 3. The molecule has 0 unspecified atom stereocenters. The highest BCUT2D eigenvalue weighted by Crippen LogP contribution is 2.23. The van der Waals surface area contributed by atoms with Crippen LogP contribution in [0.3, 0.4) is 0 Å². The molecule has 1 aliphatic rings. The summed E-state index contributed by atoms with van der Waals surface area (Å²) < 4.78 is 0. The lowest BCUT2D eigenvalue weighted by atomic mass is 10.1. The van der Waals surface area contributed by atoms with Crippen LogP contribution in [0.2, 0.25) is 0 Å². The second kappa shape index (κ2) is 5.65. The van der Waals surface area contributed by atoms with E-state index >= 15 is 0 Å². The highest BCUT2D eigenvalue weighted by Gasteiger charge is 2.21. The van der Waals surface area contributed by atoms with Gasteiger partial charge >= 0.3 is 0 Å². The Morgan fingerprint density at radius 2 is 2.00 bits per heavy atom. The van der Waals surface area contributed by atoms with Crippen molar-refractivity contribution in [3.8, 4) is 0 Å². The van der Waals surface area contributed by atoms with Crippen LogP contribution in [0.5, 0.6) is 0 Å². The van der Waals surface area contributed by atoms with Gasteiger partial charge in [0.15, 0.2) is 5.82 Å². The van der Waals surface area contributed by atoms with Crippen LogP contribution >= 0.6 is 0 Å². The van der Waals surface area contributed by atoms with Crippen LogP contribution in [0.25, 0.3) is 0 Å². The molecule has 0 amide bonds. The molecule has 0 radical (unpaired) electrons. The molecule has 1 aromatic heterocycles. The molecule has 1 heterocycles. The molecule has 1 aromatic carbocycles. The minimum absolute atomic E-state index is 0.578. The first-order chi connectivity index (χ1) is 9.40. The third-order valence-electron chi connectivity index (χ3n) is 3.03. The molecule has 3 rings (SSSR count). The van der Waals surface area contributed by atoms with E-state index in [1.54, 1.807) is 6.20 Å². The Kier molecular flexibility index (Phi) is 3.54. The van der Waals surface area contributed by atoms with Gasteiger partial charge in [-0.1, -0.05) is 30.3 Å². The molecule has 1 fully saturated rings. The standard InChI is InChI=1S/C14H17N5/c1-2-4-11(5-3-1)8-9-15-14-18-13(10-16-19-14)17-12-6-7-12/h1-5,10,12H,6-9H2,(H2,15,17,18,19). The zero-order chi connectivity index (χ0) is 12.9. The summed E-state index contributed by atoms with van der Waals surface area (Å²) in [6, 6.07) is 10.9. The molecular weight excluding hydrogens is 238 g/mol. The third-order valence-corrected chi connectivity index (χ3v) is 3.03. The van der Waals surface area contributed by atoms with Crippen LogP contribution in [0.4, 0.5) is 11.8 Å². The Hall–Kier alpha value is -2.17. The molecule has 1 saturated carbocycles. The van der Waals surface area contributed by atoms with Gasteiger partial charge in [-0.25, -0.2) is 0 Å². The van der Waals surface area contributed by atoms with Crippen molar-refractivity contribution in [1.82, 2.24) is 15.2 Å². The molecular formula is C14H17N5.